The molecule has 0 aliphatic heterocycles. The van der Waals surface area contributed by atoms with Crippen LogP contribution in [0, 0.1) is 5.82 Å². The largest absolute Gasteiger partial charge is 0.310 e. The molecule has 0 radical (unpaired) electrons. The summed E-state index contributed by atoms with van der Waals surface area (Å²) in [5.74, 6) is -0.239. The van der Waals surface area contributed by atoms with Crippen LogP contribution >= 0.6 is 27.5 Å². The second-order valence-corrected chi connectivity index (χ2v) is 5.82. The summed E-state index contributed by atoms with van der Waals surface area (Å²) >= 11 is 9.36. The maximum atomic E-state index is 13.7. The number of nitrogens with one attached hydrogen (secondary N) is 1. The van der Waals surface area contributed by atoms with Gasteiger partial charge >= 0.3 is 0 Å². The lowest BCUT2D eigenvalue weighted by Gasteiger charge is -2.20. The van der Waals surface area contributed by atoms with Crippen molar-refractivity contribution >= 4 is 27.5 Å². The maximum Gasteiger partial charge on any atom is 0.137 e. The van der Waals surface area contributed by atoms with E-state index in [2.05, 4.69) is 21.2 Å². The number of halogens is 3. The minimum atomic E-state index is -0.239. The van der Waals surface area contributed by atoms with Gasteiger partial charge in [-0.05, 0) is 58.2 Å². The van der Waals surface area contributed by atoms with Crippen LogP contribution in [0.15, 0.2) is 46.9 Å². The van der Waals surface area contributed by atoms with Gasteiger partial charge in [0.1, 0.15) is 5.82 Å². The summed E-state index contributed by atoms with van der Waals surface area (Å²) in [5, 5.41) is 4.11. The van der Waals surface area contributed by atoms with E-state index in [1.54, 1.807) is 6.07 Å². The Bertz CT molecular complexity index is 588. The summed E-state index contributed by atoms with van der Waals surface area (Å²) in [7, 11) is 0. The Hall–Kier alpha value is -0.900. The smallest absolute Gasteiger partial charge is 0.137 e. The summed E-state index contributed by atoms with van der Waals surface area (Å²) in [5.41, 5.74) is 2.05. The van der Waals surface area contributed by atoms with Gasteiger partial charge in [0.15, 0.2) is 0 Å². The molecule has 0 saturated heterocycles. The Labute approximate surface area is 132 Å². The van der Waals surface area contributed by atoms with Gasteiger partial charge in [-0.3, -0.25) is 0 Å². The Balaban J connectivity index is 2.29. The van der Waals surface area contributed by atoms with Gasteiger partial charge in [-0.15, -0.1) is 0 Å². The van der Waals surface area contributed by atoms with E-state index in [1.165, 1.54) is 6.07 Å². The first-order valence-electron chi connectivity index (χ1n) is 6.53. The molecule has 20 heavy (non-hydrogen) atoms. The zero-order chi connectivity index (χ0) is 14.5. The Morgan fingerprint density at radius 3 is 2.70 bits per heavy atom. The summed E-state index contributed by atoms with van der Waals surface area (Å²) in [6, 6.07) is 12.9. The molecular formula is C16H16BrClFN. The molecule has 0 amide bonds. The van der Waals surface area contributed by atoms with Crippen LogP contribution in [-0.2, 0) is 6.42 Å². The normalized spacial score (nSPS) is 12.4. The summed E-state index contributed by atoms with van der Waals surface area (Å²) in [4.78, 5) is 0. The first kappa shape index (κ1) is 15.5. The molecule has 106 valence electrons. The summed E-state index contributed by atoms with van der Waals surface area (Å²) in [6.07, 6.45) is 0.760. The SMILES string of the molecule is CCNC(Cc1cccc(Cl)c1)c1cccc(F)c1Br. The fourth-order valence-electron chi connectivity index (χ4n) is 2.23. The number of hydrogen-bond acceptors (Lipinski definition) is 1. The predicted octanol–water partition coefficient (Wildman–Crippen LogP) is 5.13. The molecule has 2 aromatic carbocycles. The number of benzene rings is 2. The van der Waals surface area contributed by atoms with Gasteiger partial charge in [0.25, 0.3) is 0 Å². The highest BCUT2D eigenvalue weighted by atomic mass is 79.9. The molecule has 4 heteroatoms. The lowest BCUT2D eigenvalue weighted by Crippen LogP contribution is -2.23. The third kappa shape index (κ3) is 3.81. The van der Waals surface area contributed by atoms with Crippen LogP contribution in [0.25, 0.3) is 0 Å². The molecular weight excluding hydrogens is 341 g/mol. The fourth-order valence-corrected chi connectivity index (χ4v) is 2.98. The van der Waals surface area contributed by atoms with Gasteiger partial charge in [-0.1, -0.05) is 42.8 Å². The third-order valence-electron chi connectivity index (χ3n) is 3.14. The Morgan fingerprint density at radius 2 is 2.00 bits per heavy atom. The van der Waals surface area contributed by atoms with Gasteiger partial charge in [0.2, 0.25) is 0 Å². The molecule has 1 atom stereocenters. The van der Waals surface area contributed by atoms with Crippen molar-refractivity contribution in [3.63, 3.8) is 0 Å². The molecule has 0 aliphatic rings. The minimum Gasteiger partial charge on any atom is -0.310 e. The standard InChI is InChI=1S/C16H16BrClFN/c1-2-20-15(10-11-5-3-6-12(18)9-11)13-7-4-8-14(19)16(13)17/h3-9,15,20H,2,10H2,1H3. The molecule has 2 aromatic rings. The first-order valence-corrected chi connectivity index (χ1v) is 7.70. The fraction of sp³-hybridized carbons (Fsp3) is 0.250. The highest BCUT2D eigenvalue weighted by Gasteiger charge is 2.16. The molecule has 0 spiro atoms. The van der Waals surface area contributed by atoms with Crippen molar-refractivity contribution in [2.24, 2.45) is 0 Å². The topological polar surface area (TPSA) is 12.0 Å². The van der Waals surface area contributed by atoms with Gasteiger partial charge in [-0.25, -0.2) is 4.39 Å². The second-order valence-electron chi connectivity index (χ2n) is 4.59. The quantitative estimate of drug-likeness (QED) is 0.782. The Morgan fingerprint density at radius 1 is 1.25 bits per heavy atom. The molecule has 2 rings (SSSR count). The van der Waals surface area contributed by atoms with Gasteiger partial charge in [0, 0.05) is 11.1 Å². The minimum absolute atomic E-state index is 0.0449. The van der Waals surface area contributed by atoms with Crippen LogP contribution in [0.1, 0.15) is 24.1 Å². The first-order chi connectivity index (χ1) is 9.61. The van der Waals surface area contributed by atoms with Gasteiger partial charge < -0.3 is 5.32 Å². The van der Waals surface area contributed by atoms with E-state index in [1.807, 2.05) is 37.3 Å². The predicted molar refractivity (Wildman–Crippen MR) is 85.7 cm³/mol. The van der Waals surface area contributed by atoms with Crippen LogP contribution < -0.4 is 5.32 Å². The zero-order valence-corrected chi connectivity index (χ0v) is 13.5. The van der Waals surface area contributed by atoms with Crippen LogP contribution in [0.3, 0.4) is 0 Å². The number of rotatable bonds is 5. The molecule has 1 nitrogen and oxygen atoms in total. The van der Waals surface area contributed by atoms with Crippen LogP contribution in [0.2, 0.25) is 5.02 Å². The van der Waals surface area contributed by atoms with E-state index in [0.29, 0.717) is 4.47 Å². The molecule has 0 aromatic heterocycles. The van der Waals surface area contributed by atoms with Crippen molar-refractivity contribution in [2.75, 3.05) is 6.54 Å². The van der Waals surface area contributed by atoms with E-state index in [0.717, 1.165) is 29.1 Å². The molecule has 1 unspecified atom stereocenters. The average molecular weight is 357 g/mol. The summed E-state index contributed by atoms with van der Waals surface area (Å²) < 4.78 is 14.2. The number of hydrogen-bond donors (Lipinski definition) is 1. The van der Waals surface area contributed by atoms with Crippen LogP contribution in [-0.4, -0.2) is 6.54 Å². The van der Waals surface area contributed by atoms with Crippen LogP contribution in [0.4, 0.5) is 4.39 Å². The highest BCUT2D eigenvalue weighted by Crippen LogP contribution is 2.28. The molecule has 1 N–H and O–H groups in total. The maximum absolute atomic E-state index is 13.7. The molecule has 0 bridgehead atoms. The highest BCUT2D eigenvalue weighted by molar-refractivity contribution is 9.10. The van der Waals surface area contributed by atoms with Crippen molar-refractivity contribution in [1.82, 2.24) is 5.32 Å². The van der Waals surface area contributed by atoms with E-state index in [4.69, 9.17) is 11.6 Å². The van der Waals surface area contributed by atoms with Crippen molar-refractivity contribution < 1.29 is 4.39 Å². The van der Waals surface area contributed by atoms with E-state index in [9.17, 15) is 4.39 Å². The van der Waals surface area contributed by atoms with E-state index < -0.39 is 0 Å². The molecule has 0 heterocycles. The monoisotopic (exact) mass is 355 g/mol. The summed E-state index contributed by atoms with van der Waals surface area (Å²) in [6.45, 7) is 2.85. The van der Waals surface area contributed by atoms with Crippen molar-refractivity contribution in [3.05, 3.63) is 68.9 Å². The lowest BCUT2D eigenvalue weighted by atomic mass is 9.98. The van der Waals surface area contributed by atoms with E-state index in [-0.39, 0.29) is 11.9 Å². The zero-order valence-electron chi connectivity index (χ0n) is 11.2. The van der Waals surface area contributed by atoms with Crippen molar-refractivity contribution in [1.29, 1.82) is 0 Å². The molecule has 0 aliphatic carbocycles. The third-order valence-corrected chi connectivity index (χ3v) is 4.21. The Kier molecular flexibility index (Phi) is 5.58. The van der Waals surface area contributed by atoms with Crippen molar-refractivity contribution in [2.45, 2.75) is 19.4 Å². The van der Waals surface area contributed by atoms with Crippen LogP contribution in [0.5, 0.6) is 0 Å². The molecule has 0 saturated carbocycles. The lowest BCUT2D eigenvalue weighted by molar-refractivity contribution is 0.539. The average Bonchev–Trinajstić information content (AvgIpc) is 2.42. The van der Waals surface area contributed by atoms with Gasteiger partial charge in [0.05, 0.1) is 4.47 Å². The number of likely N-dealkylation sites (N-methyl/N-ethyl adjacent to an activating group) is 1. The van der Waals surface area contributed by atoms with Gasteiger partial charge in [-0.2, -0.15) is 0 Å². The molecule has 0 fully saturated rings. The second kappa shape index (κ2) is 7.21. The van der Waals surface area contributed by atoms with E-state index >= 15 is 0 Å². The van der Waals surface area contributed by atoms with Crippen molar-refractivity contribution in [3.8, 4) is 0 Å².